The van der Waals surface area contributed by atoms with E-state index in [0.717, 1.165) is 6.07 Å². The molecule has 0 amide bonds. The van der Waals surface area contributed by atoms with Crippen LogP contribution >= 0.6 is 0 Å². The van der Waals surface area contributed by atoms with Crippen LogP contribution in [-0.2, 0) is 7.05 Å². The van der Waals surface area contributed by atoms with Gasteiger partial charge in [-0.05, 0) is 12.1 Å². The lowest BCUT2D eigenvalue weighted by Gasteiger charge is -2.14. The first-order valence-electron chi connectivity index (χ1n) is 5.78. The molecule has 0 aliphatic carbocycles. The Balaban J connectivity index is 2.74. The lowest BCUT2D eigenvalue weighted by atomic mass is 10.1. The maximum atomic E-state index is 13.7. The SMILES string of the molecule is COc1c(-c2cc(C(=O)O)nn2C)cc(F)c(F)c1OC. The van der Waals surface area contributed by atoms with Crippen LogP contribution in [0.5, 0.6) is 11.5 Å². The molecule has 2 aromatic rings. The van der Waals surface area contributed by atoms with Crippen LogP contribution in [0.2, 0.25) is 0 Å². The number of hydrogen-bond acceptors (Lipinski definition) is 4. The molecular weight excluding hydrogens is 286 g/mol. The van der Waals surface area contributed by atoms with E-state index in [1.54, 1.807) is 0 Å². The molecule has 0 saturated carbocycles. The minimum Gasteiger partial charge on any atom is -0.492 e. The average Bonchev–Trinajstić information content (AvgIpc) is 2.83. The quantitative estimate of drug-likeness (QED) is 0.935. The highest BCUT2D eigenvalue weighted by Crippen LogP contribution is 2.41. The number of carbonyl (C=O) groups is 1. The number of nitrogens with zero attached hydrogens (tertiary/aromatic N) is 2. The van der Waals surface area contributed by atoms with Gasteiger partial charge in [-0.3, -0.25) is 4.68 Å². The zero-order chi connectivity index (χ0) is 15.7. The predicted molar refractivity (Wildman–Crippen MR) is 68.6 cm³/mol. The third kappa shape index (κ3) is 2.39. The van der Waals surface area contributed by atoms with Crippen molar-refractivity contribution >= 4 is 5.97 Å². The Bertz CT molecular complexity index is 713. The summed E-state index contributed by atoms with van der Waals surface area (Å²) in [6.45, 7) is 0. The lowest BCUT2D eigenvalue weighted by Crippen LogP contribution is -2.02. The van der Waals surface area contributed by atoms with Gasteiger partial charge in [0.15, 0.2) is 17.3 Å². The molecule has 0 aliphatic rings. The molecule has 112 valence electrons. The van der Waals surface area contributed by atoms with Crippen LogP contribution in [0.15, 0.2) is 12.1 Å². The summed E-state index contributed by atoms with van der Waals surface area (Å²) in [7, 11) is 3.93. The highest BCUT2D eigenvalue weighted by Gasteiger charge is 2.24. The number of methoxy groups -OCH3 is 2. The number of carboxylic acid groups (broad SMARTS) is 1. The van der Waals surface area contributed by atoms with E-state index >= 15 is 0 Å². The Morgan fingerprint density at radius 3 is 2.33 bits per heavy atom. The van der Waals surface area contributed by atoms with Crippen LogP contribution < -0.4 is 9.47 Å². The van der Waals surface area contributed by atoms with E-state index < -0.39 is 23.4 Å². The second-order valence-electron chi connectivity index (χ2n) is 4.13. The second-order valence-corrected chi connectivity index (χ2v) is 4.13. The van der Waals surface area contributed by atoms with Gasteiger partial charge in [0.2, 0.25) is 11.6 Å². The van der Waals surface area contributed by atoms with Gasteiger partial charge in [-0.2, -0.15) is 9.49 Å². The fraction of sp³-hybridized carbons (Fsp3) is 0.231. The number of halogens is 2. The molecule has 0 fully saturated rings. The van der Waals surface area contributed by atoms with Gasteiger partial charge in [0.25, 0.3) is 0 Å². The standard InChI is InChI=1S/C13H12F2N2O4/c1-17-9(5-8(16-17)13(18)19)6-4-7(14)10(15)12(21-3)11(6)20-2/h4-5H,1-3H3,(H,18,19). The number of ether oxygens (including phenoxy) is 2. The third-order valence-corrected chi connectivity index (χ3v) is 2.91. The third-order valence-electron chi connectivity index (χ3n) is 2.91. The van der Waals surface area contributed by atoms with Crippen LogP contribution in [0.4, 0.5) is 8.78 Å². The van der Waals surface area contributed by atoms with Crippen LogP contribution in [0, 0.1) is 11.6 Å². The predicted octanol–water partition coefficient (Wildman–Crippen LogP) is 2.08. The molecule has 0 unspecified atom stereocenters. The molecule has 0 spiro atoms. The molecule has 2 rings (SSSR count). The summed E-state index contributed by atoms with van der Waals surface area (Å²) in [5.74, 6) is -3.99. The number of rotatable bonds is 4. The highest BCUT2D eigenvalue weighted by atomic mass is 19.2. The zero-order valence-electron chi connectivity index (χ0n) is 11.5. The number of hydrogen-bond donors (Lipinski definition) is 1. The minimum absolute atomic E-state index is 0.0451. The molecule has 0 radical (unpaired) electrons. The molecule has 1 aromatic carbocycles. The van der Waals surface area contributed by atoms with Crippen molar-refractivity contribution in [1.29, 1.82) is 0 Å². The second kappa shape index (κ2) is 5.39. The summed E-state index contributed by atoms with van der Waals surface area (Å²) < 4.78 is 38.5. The maximum Gasteiger partial charge on any atom is 0.356 e. The van der Waals surface area contributed by atoms with Gasteiger partial charge < -0.3 is 14.6 Å². The van der Waals surface area contributed by atoms with Gasteiger partial charge in [-0.1, -0.05) is 0 Å². The molecule has 1 aromatic heterocycles. The first kappa shape index (κ1) is 14.8. The van der Waals surface area contributed by atoms with Crippen LogP contribution in [0.1, 0.15) is 10.5 Å². The molecular formula is C13H12F2N2O4. The molecule has 0 bridgehead atoms. The fourth-order valence-electron chi connectivity index (χ4n) is 1.99. The molecule has 0 aliphatic heterocycles. The van der Waals surface area contributed by atoms with Gasteiger partial charge in [-0.15, -0.1) is 0 Å². The largest absolute Gasteiger partial charge is 0.492 e. The Kier molecular flexibility index (Phi) is 3.79. The summed E-state index contributed by atoms with van der Waals surface area (Å²) in [6, 6.07) is 2.14. The topological polar surface area (TPSA) is 73.6 Å². The van der Waals surface area contributed by atoms with Crippen molar-refractivity contribution in [3.63, 3.8) is 0 Å². The average molecular weight is 298 g/mol. The Hall–Kier alpha value is -2.64. The van der Waals surface area contributed by atoms with Crippen LogP contribution in [-0.4, -0.2) is 35.1 Å². The minimum atomic E-state index is -1.23. The number of benzene rings is 1. The summed E-state index contributed by atoms with van der Waals surface area (Å²) in [4.78, 5) is 10.9. The maximum absolute atomic E-state index is 13.7. The number of aryl methyl sites for hydroxylation is 1. The van der Waals surface area contributed by atoms with Crippen molar-refractivity contribution in [2.24, 2.45) is 7.05 Å². The highest BCUT2D eigenvalue weighted by molar-refractivity contribution is 5.87. The summed E-state index contributed by atoms with van der Waals surface area (Å²) >= 11 is 0. The molecule has 1 heterocycles. The Morgan fingerprint density at radius 1 is 1.24 bits per heavy atom. The molecule has 0 saturated heterocycles. The summed E-state index contributed by atoms with van der Waals surface area (Å²) in [5, 5.41) is 12.7. The van der Waals surface area contributed by atoms with Crippen molar-refractivity contribution in [2.75, 3.05) is 14.2 Å². The van der Waals surface area contributed by atoms with Crippen molar-refractivity contribution in [3.05, 3.63) is 29.5 Å². The number of carboxylic acids is 1. The normalized spacial score (nSPS) is 10.5. The van der Waals surface area contributed by atoms with E-state index in [0.29, 0.717) is 0 Å². The molecule has 6 nitrogen and oxygen atoms in total. The zero-order valence-corrected chi connectivity index (χ0v) is 11.5. The summed E-state index contributed by atoms with van der Waals surface area (Å²) in [6.07, 6.45) is 0. The van der Waals surface area contributed by atoms with E-state index in [2.05, 4.69) is 5.10 Å². The van der Waals surface area contributed by atoms with Crippen molar-refractivity contribution in [3.8, 4) is 22.8 Å². The monoisotopic (exact) mass is 298 g/mol. The van der Waals surface area contributed by atoms with E-state index in [9.17, 15) is 13.6 Å². The number of aromatic nitrogens is 2. The molecule has 1 N–H and O–H groups in total. The van der Waals surface area contributed by atoms with Gasteiger partial charge >= 0.3 is 5.97 Å². The van der Waals surface area contributed by atoms with Crippen molar-refractivity contribution in [1.82, 2.24) is 9.78 Å². The van der Waals surface area contributed by atoms with Gasteiger partial charge in [-0.25, -0.2) is 9.18 Å². The van der Waals surface area contributed by atoms with Gasteiger partial charge in [0, 0.05) is 12.6 Å². The van der Waals surface area contributed by atoms with E-state index in [4.69, 9.17) is 14.6 Å². The Labute approximate surface area is 118 Å². The van der Waals surface area contributed by atoms with Crippen molar-refractivity contribution in [2.45, 2.75) is 0 Å². The van der Waals surface area contributed by atoms with E-state index in [-0.39, 0.29) is 22.7 Å². The molecule has 21 heavy (non-hydrogen) atoms. The van der Waals surface area contributed by atoms with Gasteiger partial charge in [0.05, 0.1) is 19.9 Å². The first-order valence-corrected chi connectivity index (χ1v) is 5.78. The smallest absolute Gasteiger partial charge is 0.356 e. The lowest BCUT2D eigenvalue weighted by molar-refractivity contribution is 0.0689. The fourth-order valence-corrected chi connectivity index (χ4v) is 1.99. The molecule has 8 heteroatoms. The van der Waals surface area contributed by atoms with Crippen LogP contribution in [0.3, 0.4) is 0 Å². The van der Waals surface area contributed by atoms with E-state index in [1.807, 2.05) is 0 Å². The molecule has 0 atom stereocenters. The van der Waals surface area contributed by atoms with E-state index in [1.165, 1.54) is 32.0 Å². The van der Waals surface area contributed by atoms with Crippen LogP contribution in [0.25, 0.3) is 11.3 Å². The summed E-state index contributed by atoms with van der Waals surface area (Å²) in [5.41, 5.74) is 0.162. The van der Waals surface area contributed by atoms with Crippen molar-refractivity contribution < 1.29 is 28.2 Å². The van der Waals surface area contributed by atoms with Gasteiger partial charge in [0.1, 0.15) is 0 Å². The first-order chi connectivity index (χ1) is 9.90. The number of aromatic carboxylic acids is 1. The Morgan fingerprint density at radius 2 is 1.86 bits per heavy atom.